The predicted octanol–water partition coefficient (Wildman–Crippen LogP) is -4.37. The molecular weight excluding hydrogens is 183 g/mol. The normalized spacial score (nSPS) is 10.6. The van der Waals surface area contributed by atoms with E-state index in [-0.39, 0.29) is 31.0 Å². The van der Waals surface area contributed by atoms with Crippen molar-refractivity contribution in [2.75, 3.05) is 0 Å². The van der Waals surface area contributed by atoms with Crippen molar-refractivity contribution >= 4 is 10.1 Å². The first-order valence-corrected chi connectivity index (χ1v) is 3.85. The Kier molecular flexibility index (Phi) is 4.11. The van der Waals surface area contributed by atoms with Gasteiger partial charge in [-0.25, -0.2) is 4.68 Å². The Morgan fingerprint density at radius 2 is 2.27 bits per heavy atom. The number of hydrogen-bond donors (Lipinski definition) is 1. The summed E-state index contributed by atoms with van der Waals surface area (Å²) in [6, 6.07) is 0. The molecule has 7 nitrogen and oxygen atoms in total. The van der Waals surface area contributed by atoms with Gasteiger partial charge in [0.1, 0.15) is 6.33 Å². The number of aromatic nitrogens is 4. The maximum absolute atomic E-state index is 10.1. The van der Waals surface area contributed by atoms with Gasteiger partial charge in [0, 0.05) is 0 Å². The number of rotatable bonds is 2. The Morgan fingerprint density at radius 1 is 1.64 bits per heavy atom. The van der Waals surface area contributed by atoms with Gasteiger partial charge in [-0.3, -0.25) is 4.55 Å². The van der Waals surface area contributed by atoms with E-state index in [9.17, 15) is 8.42 Å². The number of nitrogens with zero attached hydrogens (tertiary/aromatic N) is 4. The van der Waals surface area contributed by atoms with Crippen LogP contribution in [0, 0.1) is 0 Å². The molecule has 0 aliphatic rings. The van der Waals surface area contributed by atoms with Crippen LogP contribution < -0.4 is 29.6 Å². The summed E-state index contributed by atoms with van der Waals surface area (Å²) < 4.78 is 29.4. The smallest absolute Gasteiger partial charge is 1.00 e. The summed E-state index contributed by atoms with van der Waals surface area (Å²) >= 11 is 0. The van der Waals surface area contributed by atoms with Crippen molar-refractivity contribution in [1.82, 2.24) is 20.2 Å². The molecule has 0 aliphatic carbocycles. The van der Waals surface area contributed by atoms with Crippen LogP contribution in [-0.2, 0) is 16.0 Å². The quantitative estimate of drug-likeness (QED) is 0.372. The summed E-state index contributed by atoms with van der Waals surface area (Å²) in [6.07, 6.45) is 1.09. The van der Waals surface area contributed by atoms with Crippen LogP contribution in [0.4, 0.5) is 0 Å². The first kappa shape index (κ1) is 11.0. The van der Waals surface area contributed by atoms with E-state index in [0.29, 0.717) is 0 Å². The van der Waals surface area contributed by atoms with E-state index in [4.69, 9.17) is 4.55 Å². The summed E-state index contributed by atoms with van der Waals surface area (Å²) in [4.78, 5) is 0. The van der Waals surface area contributed by atoms with E-state index in [0.717, 1.165) is 11.0 Å². The Balaban J connectivity index is 0. The summed E-state index contributed by atoms with van der Waals surface area (Å²) in [5.41, 5.74) is 0. The van der Waals surface area contributed by atoms with Gasteiger partial charge in [-0.2, -0.15) is 8.42 Å². The molecule has 0 unspecified atom stereocenters. The fourth-order valence-corrected chi connectivity index (χ4v) is 0.859. The molecule has 0 aliphatic heterocycles. The first-order valence-electron chi connectivity index (χ1n) is 2.24. The van der Waals surface area contributed by atoms with Crippen LogP contribution in [0.5, 0.6) is 0 Å². The average molecular weight is 188 g/mol. The summed E-state index contributed by atoms with van der Waals surface area (Å²) in [5, 5.41) is 9.54. The molecule has 0 atom stereocenters. The van der Waals surface area contributed by atoms with Gasteiger partial charge in [0.05, 0.1) is 0 Å². The molecule has 0 fully saturated rings. The van der Waals surface area contributed by atoms with E-state index in [1.54, 1.807) is 0 Å². The van der Waals surface area contributed by atoms with Crippen molar-refractivity contribution < 1.29 is 44.0 Å². The number of hydrogen-bond acceptors (Lipinski definition) is 5. The molecule has 0 radical (unpaired) electrons. The van der Waals surface area contributed by atoms with Crippen LogP contribution in [0.2, 0.25) is 0 Å². The third-order valence-electron chi connectivity index (χ3n) is 0.687. The van der Waals surface area contributed by atoms with Gasteiger partial charge in [-0.05, 0) is 10.4 Å². The fraction of sp³-hybridized carbons (Fsp3) is 0.500. The average Bonchev–Trinajstić information content (AvgIpc) is 2.12. The molecule has 0 aromatic carbocycles. The van der Waals surface area contributed by atoms with E-state index < -0.39 is 16.0 Å². The minimum Gasteiger partial charge on any atom is -1.00 e. The van der Waals surface area contributed by atoms with Crippen molar-refractivity contribution in [1.29, 1.82) is 0 Å². The van der Waals surface area contributed by atoms with Gasteiger partial charge in [0.15, 0.2) is 5.88 Å². The second-order valence-electron chi connectivity index (χ2n) is 1.56. The van der Waals surface area contributed by atoms with Crippen LogP contribution in [0.3, 0.4) is 0 Å². The molecule has 58 valence electrons. The summed E-state index contributed by atoms with van der Waals surface area (Å²) in [5.74, 6) is -0.611. The van der Waals surface area contributed by atoms with Crippen LogP contribution in [0.1, 0.15) is 1.43 Å². The van der Waals surface area contributed by atoms with Gasteiger partial charge in [0.2, 0.25) is 0 Å². The van der Waals surface area contributed by atoms with E-state index in [1.807, 2.05) is 0 Å². The standard InChI is InChI=1S/C2H4N4O3S.Na.H/c7-10(8,9)2-6-1-3-4-5-6;;/h1H,2H2,(H,7,8,9);;/q;+1;-1. The van der Waals surface area contributed by atoms with Crippen LogP contribution in [0.15, 0.2) is 6.33 Å². The molecule has 1 aromatic rings. The first-order chi connectivity index (χ1) is 4.58. The molecule has 0 spiro atoms. The van der Waals surface area contributed by atoms with Gasteiger partial charge in [-0.1, -0.05) is 0 Å². The zero-order valence-electron chi connectivity index (χ0n) is 6.75. The third kappa shape index (κ3) is 4.43. The topological polar surface area (TPSA) is 98.0 Å². The molecule has 1 rings (SSSR count). The van der Waals surface area contributed by atoms with Crippen LogP contribution >= 0.6 is 0 Å². The second kappa shape index (κ2) is 4.12. The molecular formula is C2H5N4NaO3S. The van der Waals surface area contributed by atoms with Crippen LogP contribution in [0.25, 0.3) is 0 Å². The Hall–Kier alpha value is -0.0200. The summed E-state index contributed by atoms with van der Waals surface area (Å²) in [7, 11) is -4.03. The monoisotopic (exact) mass is 188 g/mol. The van der Waals surface area contributed by atoms with E-state index in [1.165, 1.54) is 0 Å². The van der Waals surface area contributed by atoms with Crippen LogP contribution in [-0.4, -0.2) is 33.2 Å². The van der Waals surface area contributed by atoms with E-state index >= 15 is 0 Å². The Bertz CT molecular complexity index is 298. The largest absolute Gasteiger partial charge is 1.00 e. The van der Waals surface area contributed by atoms with Crippen molar-refractivity contribution in [2.24, 2.45) is 0 Å². The summed E-state index contributed by atoms with van der Waals surface area (Å²) in [6.45, 7) is 0. The SMILES string of the molecule is O=S(=O)(O)Cn1cnnn1.[H-].[Na+]. The maximum Gasteiger partial charge on any atom is 1.00 e. The van der Waals surface area contributed by atoms with Crippen molar-refractivity contribution in [2.45, 2.75) is 5.88 Å². The zero-order chi connectivity index (χ0) is 7.61. The predicted molar refractivity (Wildman–Crippen MR) is 30.5 cm³/mol. The molecule has 0 amide bonds. The molecule has 0 saturated heterocycles. The van der Waals surface area contributed by atoms with Crippen molar-refractivity contribution in [3.05, 3.63) is 6.33 Å². The van der Waals surface area contributed by atoms with Gasteiger partial charge in [0.25, 0.3) is 10.1 Å². The van der Waals surface area contributed by atoms with Crippen molar-refractivity contribution in [3.8, 4) is 0 Å². The number of tetrazole rings is 1. The Labute approximate surface area is 86.3 Å². The molecule has 1 heterocycles. The molecule has 11 heavy (non-hydrogen) atoms. The fourth-order valence-electron chi connectivity index (χ4n) is 0.407. The Morgan fingerprint density at radius 3 is 2.64 bits per heavy atom. The second-order valence-corrected chi connectivity index (χ2v) is 2.98. The third-order valence-corrected chi connectivity index (χ3v) is 1.28. The molecule has 0 saturated carbocycles. The molecule has 1 N–H and O–H groups in total. The molecule has 9 heteroatoms. The molecule has 1 aromatic heterocycles. The van der Waals surface area contributed by atoms with E-state index in [2.05, 4.69) is 15.5 Å². The van der Waals surface area contributed by atoms with Crippen molar-refractivity contribution in [3.63, 3.8) is 0 Å². The molecule has 0 bridgehead atoms. The minimum absolute atomic E-state index is 0. The van der Waals surface area contributed by atoms with Gasteiger partial charge < -0.3 is 1.43 Å². The zero-order valence-corrected chi connectivity index (χ0v) is 8.56. The van der Waals surface area contributed by atoms with Gasteiger partial charge in [-0.15, -0.1) is 5.10 Å². The van der Waals surface area contributed by atoms with Gasteiger partial charge >= 0.3 is 29.6 Å². The minimum atomic E-state index is -4.03. The maximum atomic E-state index is 10.1.